The van der Waals surface area contributed by atoms with E-state index in [-0.39, 0.29) is 5.04 Å². The predicted octanol–water partition coefficient (Wildman–Crippen LogP) is 4.74. The second kappa shape index (κ2) is 9.74. The summed E-state index contributed by atoms with van der Waals surface area (Å²) in [5, 5.41) is 0.153. The highest BCUT2D eigenvalue weighted by molar-refractivity contribution is 7.87. The van der Waals surface area contributed by atoms with Crippen LogP contribution in [0.3, 0.4) is 0 Å². The molecule has 0 heterocycles. The summed E-state index contributed by atoms with van der Waals surface area (Å²) in [7, 11) is -2.39. The van der Waals surface area contributed by atoms with Crippen molar-refractivity contribution in [2.75, 3.05) is 20.7 Å². The van der Waals surface area contributed by atoms with Gasteiger partial charge in [0.05, 0.1) is 6.04 Å². The Morgan fingerprint density at radius 3 is 2.13 bits per heavy atom. The van der Waals surface area contributed by atoms with Crippen LogP contribution in [0.15, 0.2) is 54.6 Å². The molecule has 0 saturated carbocycles. The first-order valence-electron chi connectivity index (χ1n) is 10.3. The lowest BCUT2D eigenvalue weighted by molar-refractivity contribution is 0.291. The van der Waals surface area contributed by atoms with Crippen LogP contribution in [0.1, 0.15) is 43.5 Å². The Balaban J connectivity index is 2.34. The number of nitrogens with zero attached hydrogens (tertiary/aromatic N) is 1. The second-order valence-corrected chi connectivity index (χ2v) is 16.0. The maximum Gasteiger partial charge on any atom is 0.279 e. The lowest BCUT2D eigenvalue weighted by atomic mass is 9.94. The third-order valence-corrected chi connectivity index (χ3v) is 11.9. The molecule has 0 amide bonds. The largest absolute Gasteiger partial charge is 0.416 e. The zero-order valence-corrected chi connectivity index (χ0v) is 21.1. The van der Waals surface area contributed by atoms with Crippen molar-refractivity contribution in [3.63, 3.8) is 0 Å². The van der Waals surface area contributed by atoms with Crippen molar-refractivity contribution >= 4 is 18.5 Å². The van der Waals surface area contributed by atoms with Crippen LogP contribution in [0.5, 0.6) is 0 Å². The lowest BCUT2D eigenvalue weighted by Crippen LogP contribution is -2.41. The third kappa shape index (κ3) is 6.25. The molecule has 0 fully saturated rings. The van der Waals surface area contributed by atoms with Crippen LogP contribution in [-0.4, -0.2) is 41.7 Å². The highest BCUT2D eigenvalue weighted by Gasteiger charge is 2.37. The van der Waals surface area contributed by atoms with E-state index in [1.54, 1.807) is 0 Å². The van der Waals surface area contributed by atoms with Crippen LogP contribution in [0, 0.1) is 0 Å². The van der Waals surface area contributed by atoms with E-state index in [2.05, 4.69) is 44.7 Å². The molecule has 0 saturated heterocycles. The Morgan fingerprint density at radius 2 is 1.57 bits per heavy atom. The van der Waals surface area contributed by atoms with Gasteiger partial charge in [-0.1, -0.05) is 75.4 Å². The zero-order chi connectivity index (χ0) is 22.6. The molecule has 30 heavy (non-hydrogen) atoms. The van der Waals surface area contributed by atoms with Gasteiger partial charge in [-0.15, -0.1) is 0 Å². The number of rotatable bonds is 9. The molecule has 166 valence electrons. The summed E-state index contributed by atoms with van der Waals surface area (Å²) in [5.74, 6) is 0. The minimum absolute atomic E-state index is 0.153. The van der Waals surface area contributed by atoms with Crippen LogP contribution in [0.4, 0.5) is 0 Å². The van der Waals surface area contributed by atoms with Gasteiger partial charge in [0.2, 0.25) is 0 Å². The summed E-state index contributed by atoms with van der Waals surface area (Å²) >= 11 is 0. The molecule has 0 aliphatic heterocycles. The standard InChI is InChI=1S/C23H36N2O3SSi/c1-23(2,3)30(6,7)28-18-17-19-13-11-12-16-21(19)22(20-14-9-8-10-15-20)24-29(26,27)25(4)5/h8-16,22,24H,17-18H2,1-7H3/t22-/m0/s1. The van der Waals surface area contributed by atoms with Crippen molar-refractivity contribution in [1.82, 2.24) is 9.03 Å². The Bertz CT molecular complexity index is 923. The van der Waals surface area contributed by atoms with Crippen molar-refractivity contribution in [2.24, 2.45) is 0 Å². The van der Waals surface area contributed by atoms with Crippen molar-refractivity contribution in [3.8, 4) is 0 Å². The minimum Gasteiger partial charge on any atom is -0.416 e. The third-order valence-electron chi connectivity index (χ3n) is 5.89. The number of hydrogen-bond acceptors (Lipinski definition) is 3. The van der Waals surface area contributed by atoms with Gasteiger partial charge in [-0.3, -0.25) is 0 Å². The van der Waals surface area contributed by atoms with E-state index < -0.39 is 24.6 Å². The fourth-order valence-corrected chi connectivity index (χ4v) is 4.70. The molecule has 2 aromatic rings. The number of hydrogen-bond donors (Lipinski definition) is 1. The van der Waals surface area contributed by atoms with Crippen LogP contribution in [0.2, 0.25) is 18.1 Å². The van der Waals surface area contributed by atoms with Crippen LogP contribution >= 0.6 is 0 Å². The molecule has 7 heteroatoms. The SMILES string of the molecule is CN(C)S(=O)(=O)N[C@@H](c1ccccc1)c1ccccc1CCO[Si](C)(C)C(C)(C)C. The topological polar surface area (TPSA) is 58.6 Å². The molecule has 0 unspecified atom stereocenters. The Morgan fingerprint density at radius 1 is 1.00 bits per heavy atom. The Kier molecular flexibility index (Phi) is 8.04. The van der Waals surface area contributed by atoms with Crippen LogP contribution in [-0.2, 0) is 21.1 Å². The Labute approximate surface area is 183 Å². The van der Waals surface area contributed by atoms with Gasteiger partial charge in [0.15, 0.2) is 8.32 Å². The normalized spacial score (nSPS) is 14.1. The van der Waals surface area contributed by atoms with Gasteiger partial charge < -0.3 is 4.43 Å². The number of benzene rings is 2. The molecule has 0 aliphatic carbocycles. The van der Waals surface area contributed by atoms with Crippen LogP contribution in [0.25, 0.3) is 0 Å². The van der Waals surface area contributed by atoms with Crippen LogP contribution < -0.4 is 4.72 Å². The summed E-state index contributed by atoms with van der Waals surface area (Å²) in [5.41, 5.74) is 2.94. The Hall–Kier alpha value is -1.51. The minimum atomic E-state index is -3.61. The van der Waals surface area contributed by atoms with Gasteiger partial charge in [0, 0.05) is 20.7 Å². The van der Waals surface area contributed by atoms with Gasteiger partial charge in [-0.05, 0) is 41.2 Å². The average Bonchev–Trinajstić information content (AvgIpc) is 2.66. The number of nitrogens with one attached hydrogen (secondary N) is 1. The first-order chi connectivity index (χ1) is 13.8. The smallest absolute Gasteiger partial charge is 0.279 e. The van der Waals surface area contributed by atoms with Crippen molar-refractivity contribution in [3.05, 3.63) is 71.3 Å². The molecule has 2 rings (SSSR count). The summed E-state index contributed by atoms with van der Waals surface area (Å²) < 4.78 is 35.7. The van der Waals surface area contributed by atoms with E-state index in [9.17, 15) is 8.42 Å². The zero-order valence-electron chi connectivity index (χ0n) is 19.3. The van der Waals surface area contributed by atoms with Crippen molar-refractivity contribution in [1.29, 1.82) is 0 Å². The average molecular weight is 449 g/mol. The van der Waals surface area contributed by atoms with Gasteiger partial charge in [0.25, 0.3) is 10.2 Å². The highest BCUT2D eigenvalue weighted by atomic mass is 32.2. The monoisotopic (exact) mass is 448 g/mol. The fourth-order valence-electron chi connectivity index (χ4n) is 2.89. The fraction of sp³-hybridized carbons (Fsp3) is 0.478. The van der Waals surface area contributed by atoms with Gasteiger partial charge in [-0.2, -0.15) is 17.4 Å². The molecule has 0 aliphatic rings. The molecule has 0 radical (unpaired) electrons. The molecular weight excluding hydrogens is 412 g/mol. The first kappa shape index (κ1) is 24.8. The maximum absolute atomic E-state index is 12.7. The van der Waals surface area contributed by atoms with Gasteiger partial charge in [-0.25, -0.2) is 0 Å². The summed E-state index contributed by atoms with van der Waals surface area (Å²) in [4.78, 5) is 0. The second-order valence-electron chi connectivity index (χ2n) is 9.31. The molecular formula is C23H36N2O3SSi. The van der Waals surface area contributed by atoms with E-state index in [4.69, 9.17) is 4.43 Å². The lowest BCUT2D eigenvalue weighted by Gasteiger charge is -2.36. The summed E-state index contributed by atoms with van der Waals surface area (Å²) in [6, 6.07) is 17.2. The molecule has 0 aromatic heterocycles. The highest BCUT2D eigenvalue weighted by Crippen LogP contribution is 2.36. The van der Waals surface area contributed by atoms with Crippen molar-refractivity contribution < 1.29 is 12.8 Å². The first-order valence-corrected chi connectivity index (χ1v) is 14.7. The van der Waals surface area contributed by atoms with Gasteiger partial charge in [0.1, 0.15) is 0 Å². The summed E-state index contributed by atoms with van der Waals surface area (Å²) in [6.45, 7) is 11.8. The van der Waals surface area contributed by atoms with E-state index in [1.807, 2.05) is 48.5 Å². The van der Waals surface area contributed by atoms with Gasteiger partial charge >= 0.3 is 0 Å². The van der Waals surface area contributed by atoms with E-state index >= 15 is 0 Å². The summed E-state index contributed by atoms with van der Waals surface area (Å²) in [6.07, 6.45) is 0.732. The molecule has 5 nitrogen and oxygen atoms in total. The molecule has 0 spiro atoms. The van der Waals surface area contributed by atoms with E-state index in [1.165, 1.54) is 18.4 Å². The quantitative estimate of drug-likeness (QED) is 0.564. The molecule has 2 aromatic carbocycles. The molecule has 1 N–H and O–H groups in total. The predicted molar refractivity (Wildman–Crippen MR) is 127 cm³/mol. The molecule has 1 atom stereocenters. The molecule has 0 bridgehead atoms. The van der Waals surface area contributed by atoms with Crippen molar-refractivity contribution in [2.45, 2.75) is 51.4 Å². The van der Waals surface area contributed by atoms with E-state index in [0.29, 0.717) is 6.61 Å². The van der Waals surface area contributed by atoms with E-state index in [0.717, 1.165) is 23.1 Å². The maximum atomic E-state index is 12.7.